The summed E-state index contributed by atoms with van der Waals surface area (Å²) in [6, 6.07) is 6.85. The Balaban J connectivity index is 2.84. The molecule has 0 heterocycles. The lowest BCUT2D eigenvalue weighted by Gasteiger charge is -2.33. The summed E-state index contributed by atoms with van der Waals surface area (Å²) < 4.78 is 0. The maximum atomic E-state index is 3.63. The molecule has 1 rings (SSSR count). The summed E-state index contributed by atoms with van der Waals surface area (Å²) in [5.74, 6) is 0. The van der Waals surface area contributed by atoms with E-state index in [1.54, 1.807) is 0 Å². The molecule has 0 aromatic heterocycles. The van der Waals surface area contributed by atoms with E-state index in [0.717, 1.165) is 13.1 Å². The summed E-state index contributed by atoms with van der Waals surface area (Å²) in [5.41, 5.74) is 4.76. The van der Waals surface area contributed by atoms with Gasteiger partial charge in [-0.2, -0.15) is 0 Å². The molecule has 0 bridgehead atoms. The molecule has 0 aliphatic carbocycles. The number of rotatable bonds is 8. The van der Waals surface area contributed by atoms with Crippen molar-refractivity contribution in [1.29, 1.82) is 0 Å². The smallest absolute Gasteiger partial charge is 0.00108 e. The lowest BCUT2D eigenvalue weighted by Crippen LogP contribution is -2.36. The molecule has 0 saturated heterocycles. The van der Waals surface area contributed by atoms with Crippen LogP contribution in [0.5, 0.6) is 0 Å². The Hall–Kier alpha value is -0.820. The van der Waals surface area contributed by atoms with Crippen molar-refractivity contribution in [3.8, 4) is 0 Å². The summed E-state index contributed by atoms with van der Waals surface area (Å²) in [4.78, 5) is 0. The fourth-order valence-electron chi connectivity index (χ4n) is 2.74. The van der Waals surface area contributed by atoms with Gasteiger partial charge >= 0.3 is 0 Å². The molecule has 0 aliphatic heterocycles. The molecule has 0 spiro atoms. The second-order valence-corrected chi connectivity index (χ2v) is 5.99. The van der Waals surface area contributed by atoms with Crippen molar-refractivity contribution in [3.05, 3.63) is 34.9 Å². The zero-order valence-electron chi connectivity index (χ0n) is 13.5. The van der Waals surface area contributed by atoms with Crippen LogP contribution in [0.3, 0.4) is 0 Å². The first-order valence-electron chi connectivity index (χ1n) is 7.83. The zero-order chi connectivity index (χ0) is 14.3. The topological polar surface area (TPSA) is 12.0 Å². The molecule has 108 valence electrons. The molecule has 1 heteroatoms. The van der Waals surface area contributed by atoms with Gasteiger partial charge in [-0.25, -0.2) is 0 Å². The summed E-state index contributed by atoms with van der Waals surface area (Å²) in [6.45, 7) is 13.6. The molecule has 0 fully saturated rings. The first kappa shape index (κ1) is 16.2. The van der Waals surface area contributed by atoms with Gasteiger partial charge in [0.2, 0.25) is 0 Å². The van der Waals surface area contributed by atoms with E-state index in [2.05, 4.69) is 58.1 Å². The van der Waals surface area contributed by atoms with Gasteiger partial charge in [0.25, 0.3) is 0 Å². The highest BCUT2D eigenvalue weighted by atomic mass is 14.9. The van der Waals surface area contributed by atoms with E-state index < -0.39 is 0 Å². The first-order chi connectivity index (χ1) is 9.06. The van der Waals surface area contributed by atoms with Crippen LogP contribution >= 0.6 is 0 Å². The third-order valence-corrected chi connectivity index (χ3v) is 4.50. The van der Waals surface area contributed by atoms with Gasteiger partial charge < -0.3 is 5.32 Å². The molecule has 19 heavy (non-hydrogen) atoms. The third kappa shape index (κ3) is 4.65. The second-order valence-electron chi connectivity index (χ2n) is 5.99. The van der Waals surface area contributed by atoms with Crippen LogP contribution in [-0.2, 0) is 6.42 Å². The fraction of sp³-hybridized carbons (Fsp3) is 0.667. The predicted octanol–water partition coefficient (Wildman–Crippen LogP) is 4.65. The highest BCUT2D eigenvalue weighted by Crippen LogP contribution is 2.31. The number of aryl methyl sites for hydroxylation is 2. The molecule has 1 nitrogen and oxygen atoms in total. The minimum Gasteiger partial charge on any atom is -0.316 e. The van der Waals surface area contributed by atoms with E-state index in [9.17, 15) is 0 Å². The van der Waals surface area contributed by atoms with Crippen LogP contribution in [0.2, 0.25) is 0 Å². The second kappa shape index (κ2) is 7.69. The van der Waals surface area contributed by atoms with Crippen LogP contribution in [-0.4, -0.2) is 13.1 Å². The molecule has 0 unspecified atom stereocenters. The standard InChI is InChI=1S/C18H31N/c1-6-11-19-14-18(7-2,8-3)13-17-12-15(4)9-10-16(17)5/h9-10,12,19H,6-8,11,13-14H2,1-5H3. The molecule has 0 aliphatic rings. The molecule has 1 aromatic carbocycles. The Kier molecular flexibility index (Phi) is 6.57. The Morgan fingerprint density at radius 1 is 1.05 bits per heavy atom. The van der Waals surface area contributed by atoms with Gasteiger partial charge in [-0.15, -0.1) is 0 Å². The quantitative estimate of drug-likeness (QED) is 0.672. The molecule has 0 saturated carbocycles. The maximum absolute atomic E-state index is 3.63. The van der Waals surface area contributed by atoms with Crippen LogP contribution in [0.25, 0.3) is 0 Å². The van der Waals surface area contributed by atoms with E-state index in [1.165, 1.54) is 42.4 Å². The van der Waals surface area contributed by atoms with Gasteiger partial charge in [-0.3, -0.25) is 0 Å². The number of hydrogen-bond donors (Lipinski definition) is 1. The number of nitrogens with one attached hydrogen (secondary N) is 1. The highest BCUT2D eigenvalue weighted by Gasteiger charge is 2.26. The minimum atomic E-state index is 0.410. The van der Waals surface area contributed by atoms with Crippen molar-refractivity contribution in [2.24, 2.45) is 5.41 Å². The van der Waals surface area contributed by atoms with Crippen LogP contribution < -0.4 is 5.32 Å². The van der Waals surface area contributed by atoms with Crippen LogP contribution in [0.15, 0.2) is 18.2 Å². The summed E-state index contributed by atoms with van der Waals surface area (Å²) in [6.07, 6.45) is 4.90. The maximum Gasteiger partial charge on any atom is 0.00108 e. The Morgan fingerprint density at radius 3 is 2.32 bits per heavy atom. The Bertz CT molecular complexity index is 377. The monoisotopic (exact) mass is 261 g/mol. The van der Waals surface area contributed by atoms with Gasteiger partial charge in [0.15, 0.2) is 0 Å². The summed E-state index contributed by atoms with van der Waals surface area (Å²) >= 11 is 0. The molecule has 0 atom stereocenters. The van der Waals surface area contributed by atoms with Crippen molar-refractivity contribution in [3.63, 3.8) is 0 Å². The molecule has 1 N–H and O–H groups in total. The highest BCUT2D eigenvalue weighted by molar-refractivity contribution is 5.31. The lowest BCUT2D eigenvalue weighted by molar-refractivity contribution is 0.246. The molecule has 0 radical (unpaired) electrons. The average molecular weight is 261 g/mol. The van der Waals surface area contributed by atoms with Crippen LogP contribution in [0.4, 0.5) is 0 Å². The Morgan fingerprint density at radius 2 is 1.74 bits per heavy atom. The van der Waals surface area contributed by atoms with E-state index in [1.807, 2.05) is 0 Å². The minimum absolute atomic E-state index is 0.410. The van der Waals surface area contributed by atoms with Crippen molar-refractivity contribution in [2.75, 3.05) is 13.1 Å². The van der Waals surface area contributed by atoms with Crippen molar-refractivity contribution >= 4 is 0 Å². The van der Waals surface area contributed by atoms with Gasteiger partial charge in [-0.05, 0) is 62.6 Å². The number of benzene rings is 1. The fourth-order valence-corrected chi connectivity index (χ4v) is 2.74. The average Bonchev–Trinajstić information content (AvgIpc) is 2.42. The van der Waals surface area contributed by atoms with Crippen molar-refractivity contribution in [1.82, 2.24) is 5.32 Å². The zero-order valence-corrected chi connectivity index (χ0v) is 13.5. The normalized spacial score (nSPS) is 11.8. The van der Waals surface area contributed by atoms with Gasteiger partial charge in [0.05, 0.1) is 0 Å². The van der Waals surface area contributed by atoms with Gasteiger partial charge in [0.1, 0.15) is 0 Å². The van der Waals surface area contributed by atoms with Crippen molar-refractivity contribution in [2.45, 2.75) is 60.3 Å². The molecular weight excluding hydrogens is 230 g/mol. The van der Waals surface area contributed by atoms with E-state index >= 15 is 0 Å². The third-order valence-electron chi connectivity index (χ3n) is 4.50. The Labute approximate surface area is 119 Å². The largest absolute Gasteiger partial charge is 0.316 e. The predicted molar refractivity (Wildman–Crippen MR) is 85.8 cm³/mol. The van der Waals surface area contributed by atoms with Crippen LogP contribution in [0.1, 0.15) is 56.7 Å². The molecule has 0 amide bonds. The van der Waals surface area contributed by atoms with E-state index in [4.69, 9.17) is 0 Å². The van der Waals surface area contributed by atoms with E-state index in [-0.39, 0.29) is 0 Å². The van der Waals surface area contributed by atoms with Crippen molar-refractivity contribution < 1.29 is 0 Å². The van der Waals surface area contributed by atoms with Crippen LogP contribution in [0, 0.1) is 19.3 Å². The van der Waals surface area contributed by atoms with Gasteiger partial charge in [-0.1, -0.05) is 44.5 Å². The molecule has 1 aromatic rings. The van der Waals surface area contributed by atoms with E-state index in [0.29, 0.717) is 5.41 Å². The SMILES string of the molecule is CCCNCC(CC)(CC)Cc1cc(C)ccc1C. The first-order valence-corrected chi connectivity index (χ1v) is 7.83. The molecular formula is C18H31N. The number of hydrogen-bond acceptors (Lipinski definition) is 1. The lowest BCUT2D eigenvalue weighted by atomic mass is 9.76. The summed E-state index contributed by atoms with van der Waals surface area (Å²) in [7, 11) is 0. The summed E-state index contributed by atoms with van der Waals surface area (Å²) in [5, 5.41) is 3.63. The van der Waals surface area contributed by atoms with Gasteiger partial charge in [0, 0.05) is 6.54 Å².